The van der Waals surface area contributed by atoms with Crippen molar-refractivity contribution >= 4 is 21.8 Å². The number of likely N-dealkylation sites (tertiary alicyclic amines) is 1. The molecule has 2 rings (SSSR count). The van der Waals surface area contributed by atoms with Gasteiger partial charge in [0, 0.05) is 28.7 Å². The highest BCUT2D eigenvalue weighted by Crippen LogP contribution is 2.22. The Morgan fingerprint density at radius 3 is 2.83 bits per heavy atom. The summed E-state index contributed by atoms with van der Waals surface area (Å²) in [6, 6.07) is 6.25. The molecule has 0 unspecified atom stereocenters. The molecule has 0 bridgehead atoms. The van der Waals surface area contributed by atoms with E-state index in [9.17, 15) is 4.79 Å². The Labute approximate surface area is 116 Å². The van der Waals surface area contributed by atoms with Crippen LogP contribution in [0.5, 0.6) is 0 Å². The van der Waals surface area contributed by atoms with Gasteiger partial charge in [-0.15, -0.1) is 0 Å². The maximum absolute atomic E-state index is 12.5. The van der Waals surface area contributed by atoms with Crippen LogP contribution in [0.25, 0.3) is 0 Å². The van der Waals surface area contributed by atoms with Crippen LogP contribution in [0.4, 0.5) is 0 Å². The monoisotopic (exact) mass is 310 g/mol. The number of piperidine rings is 1. The van der Waals surface area contributed by atoms with Crippen molar-refractivity contribution in [1.29, 1.82) is 0 Å². The number of hydrogen-bond acceptors (Lipinski definition) is 2. The van der Waals surface area contributed by atoms with E-state index in [-0.39, 0.29) is 18.0 Å². The lowest BCUT2D eigenvalue weighted by atomic mass is 9.97. The summed E-state index contributed by atoms with van der Waals surface area (Å²) in [5.41, 5.74) is 7.73. The summed E-state index contributed by atoms with van der Waals surface area (Å²) < 4.78 is 1.00. The van der Waals surface area contributed by atoms with Crippen molar-refractivity contribution < 1.29 is 4.79 Å². The van der Waals surface area contributed by atoms with Gasteiger partial charge in [0.1, 0.15) is 0 Å². The van der Waals surface area contributed by atoms with Crippen LogP contribution in [-0.2, 0) is 0 Å². The number of nitrogens with two attached hydrogens (primary N) is 1. The van der Waals surface area contributed by atoms with Crippen molar-refractivity contribution in [1.82, 2.24) is 4.90 Å². The van der Waals surface area contributed by atoms with Gasteiger partial charge < -0.3 is 10.6 Å². The molecule has 0 aromatic heterocycles. The van der Waals surface area contributed by atoms with Crippen molar-refractivity contribution in [2.24, 2.45) is 5.73 Å². The molecule has 98 valence electrons. The first-order valence-electron chi connectivity index (χ1n) is 6.31. The van der Waals surface area contributed by atoms with E-state index >= 15 is 0 Å². The van der Waals surface area contributed by atoms with E-state index in [0.29, 0.717) is 0 Å². The summed E-state index contributed by atoms with van der Waals surface area (Å²) in [5, 5.41) is 0. The second-order valence-electron chi connectivity index (χ2n) is 5.09. The SMILES string of the molecule is Cc1cc(Br)ccc1C(=O)N1CC[C@H](N)C[C@H]1C. The molecule has 1 aromatic carbocycles. The highest BCUT2D eigenvalue weighted by molar-refractivity contribution is 9.10. The van der Waals surface area contributed by atoms with E-state index in [1.165, 1.54) is 0 Å². The second kappa shape index (κ2) is 5.41. The van der Waals surface area contributed by atoms with Crippen molar-refractivity contribution in [3.8, 4) is 0 Å². The van der Waals surface area contributed by atoms with Gasteiger partial charge in [-0.05, 0) is 50.5 Å². The molecule has 3 nitrogen and oxygen atoms in total. The quantitative estimate of drug-likeness (QED) is 0.867. The molecule has 1 aromatic rings. The Balaban J connectivity index is 2.20. The van der Waals surface area contributed by atoms with Crippen LogP contribution in [0.3, 0.4) is 0 Å². The van der Waals surface area contributed by atoms with E-state index in [4.69, 9.17) is 5.73 Å². The first-order valence-corrected chi connectivity index (χ1v) is 7.11. The number of aryl methyl sites for hydroxylation is 1. The molecule has 1 fully saturated rings. The van der Waals surface area contributed by atoms with E-state index in [1.807, 2.05) is 30.0 Å². The smallest absolute Gasteiger partial charge is 0.254 e. The minimum Gasteiger partial charge on any atom is -0.336 e. The van der Waals surface area contributed by atoms with E-state index < -0.39 is 0 Å². The number of carbonyl (C=O) groups excluding carboxylic acids is 1. The zero-order valence-corrected chi connectivity index (χ0v) is 12.4. The molecular weight excluding hydrogens is 292 g/mol. The molecule has 0 saturated carbocycles. The van der Waals surface area contributed by atoms with Gasteiger partial charge in [-0.2, -0.15) is 0 Å². The van der Waals surface area contributed by atoms with Gasteiger partial charge in [0.15, 0.2) is 0 Å². The van der Waals surface area contributed by atoms with Gasteiger partial charge in [-0.3, -0.25) is 4.79 Å². The Hall–Kier alpha value is -0.870. The average Bonchev–Trinajstić information content (AvgIpc) is 2.28. The van der Waals surface area contributed by atoms with Crippen LogP contribution in [0.1, 0.15) is 35.7 Å². The molecule has 0 spiro atoms. The highest BCUT2D eigenvalue weighted by atomic mass is 79.9. The number of rotatable bonds is 1. The Morgan fingerprint density at radius 1 is 1.50 bits per heavy atom. The predicted molar refractivity (Wildman–Crippen MR) is 76.6 cm³/mol. The second-order valence-corrected chi connectivity index (χ2v) is 6.01. The summed E-state index contributed by atoms with van der Waals surface area (Å²) in [5.74, 6) is 0.124. The minimum atomic E-state index is 0.124. The number of carbonyl (C=O) groups is 1. The number of halogens is 1. The topological polar surface area (TPSA) is 46.3 Å². The molecule has 18 heavy (non-hydrogen) atoms. The van der Waals surface area contributed by atoms with Crippen LogP contribution in [-0.4, -0.2) is 29.4 Å². The van der Waals surface area contributed by atoms with Gasteiger partial charge >= 0.3 is 0 Å². The molecule has 1 aliphatic rings. The predicted octanol–water partition coefficient (Wildman–Crippen LogP) is 2.71. The van der Waals surface area contributed by atoms with Crippen molar-refractivity contribution in [2.75, 3.05) is 6.54 Å². The number of hydrogen-bond donors (Lipinski definition) is 1. The summed E-state index contributed by atoms with van der Waals surface area (Å²) in [6.07, 6.45) is 1.78. The third-order valence-corrected chi connectivity index (χ3v) is 4.09. The van der Waals surface area contributed by atoms with Crippen LogP contribution in [0, 0.1) is 6.92 Å². The van der Waals surface area contributed by atoms with Crippen molar-refractivity contribution in [3.63, 3.8) is 0 Å². The molecular formula is C14H19BrN2O. The third kappa shape index (κ3) is 2.75. The zero-order valence-electron chi connectivity index (χ0n) is 10.8. The molecule has 0 aliphatic carbocycles. The maximum atomic E-state index is 12.5. The number of benzene rings is 1. The van der Waals surface area contributed by atoms with Crippen LogP contribution in [0.15, 0.2) is 22.7 Å². The van der Waals surface area contributed by atoms with Crippen LogP contribution < -0.4 is 5.73 Å². The summed E-state index contributed by atoms with van der Waals surface area (Å²) in [6.45, 7) is 4.81. The van der Waals surface area contributed by atoms with Gasteiger partial charge in [-0.1, -0.05) is 15.9 Å². The molecule has 1 saturated heterocycles. The lowest BCUT2D eigenvalue weighted by Gasteiger charge is -2.36. The number of amides is 1. The summed E-state index contributed by atoms with van der Waals surface area (Å²) >= 11 is 3.42. The van der Waals surface area contributed by atoms with Crippen molar-refractivity contribution in [3.05, 3.63) is 33.8 Å². The lowest BCUT2D eigenvalue weighted by Crippen LogP contribution is -2.48. The Bertz CT molecular complexity index is 461. The normalized spacial score (nSPS) is 24.1. The highest BCUT2D eigenvalue weighted by Gasteiger charge is 2.28. The molecule has 2 atom stereocenters. The molecule has 1 aliphatic heterocycles. The standard InChI is InChI=1S/C14H19BrN2O/c1-9-7-11(15)3-4-13(9)14(18)17-6-5-12(16)8-10(17)2/h3-4,7,10,12H,5-6,8,16H2,1-2H3/t10-,12+/m1/s1. The van der Waals surface area contributed by atoms with Crippen molar-refractivity contribution in [2.45, 2.75) is 38.8 Å². The molecule has 0 radical (unpaired) electrons. The number of nitrogens with zero attached hydrogens (tertiary/aromatic N) is 1. The molecule has 4 heteroatoms. The summed E-state index contributed by atoms with van der Waals surface area (Å²) in [7, 11) is 0. The Kier molecular flexibility index (Phi) is 4.07. The zero-order chi connectivity index (χ0) is 13.3. The molecule has 1 heterocycles. The molecule has 2 N–H and O–H groups in total. The van der Waals surface area contributed by atoms with Crippen LogP contribution in [0.2, 0.25) is 0 Å². The average molecular weight is 311 g/mol. The van der Waals surface area contributed by atoms with E-state index in [0.717, 1.165) is 35.0 Å². The van der Waals surface area contributed by atoms with Gasteiger partial charge in [0.05, 0.1) is 0 Å². The fraction of sp³-hybridized carbons (Fsp3) is 0.500. The largest absolute Gasteiger partial charge is 0.336 e. The first-order chi connectivity index (χ1) is 8.49. The lowest BCUT2D eigenvalue weighted by molar-refractivity contribution is 0.0618. The molecule has 1 amide bonds. The summed E-state index contributed by atoms with van der Waals surface area (Å²) in [4.78, 5) is 14.5. The maximum Gasteiger partial charge on any atom is 0.254 e. The van der Waals surface area contributed by atoms with E-state index in [2.05, 4.69) is 22.9 Å². The van der Waals surface area contributed by atoms with Crippen LogP contribution >= 0.6 is 15.9 Å². The van der Waals surface area contributed by atoms with Gasteiger partial charge in [0.2, 0.25) is 0 Å². The van der Waals surface area contributed by atoms with E-state index in [1.54, 1.807) is 0 Å². The minimum absolute atomic E-state index is 0.124. The van der Waals surface area contributed by atoms with Gasteiger partial charge in [0.25, 0.3) is 5.91 Å². The van der Waals surface area contributed by atoms with Gasteiger partial charge in [-0.25, -0.2) is 0 Å². The fourth-order valence-corrected chi connectivity index (χ4v) is 3.01. The Morgan fingerprint density at radius 2 is 2.22 bits per heavy atom. The first kappa shape index (κ1) is 13.6. The fourth-order valence-electron chi connectivity index (χ4n) is 2.53. The third-order valence-electron chi connectivity index (χ3n) is 3.60.